The van der Waals surface area contributed by atoms with E-state index in [1.807, 2.05) is 24.3 Å². The van der Waals surface area contributed by atoms with Crippen molar-refractivity contribution in [1.29, 1.82) is 0 Å². The lowest BCUT2D eigenvalue weighted by Gasteiger charge is -2.22. The second-order valence-electron chi connectivity index (χ2n) is 4.53. The van der Waals surface area contributed by atoms with Gasteiger partial charge in [0.15, 0.2) is 0 Å². The van der Waals surface area contributed by atoms with Gasteiger partial charge in [0.25, 0.3) is 0 Å². The molecule has 0 bridgehead atoms. The van der Waals surface area contributed by atoms with E-state index in [1.54, 1.807) is 7.11 Å². The van der Waals surface area contributed by atoms with Crippen molar-refractivity contribution in [2.75, 3.05) is 18.3 Å². The standard InChI is InChI=1S/C16H23IO3/c1-3-7-15(20-13-18-2)10-16(11-17)19-12-14-8-5-4-6-9-14/h3-6,8-9,15-16H,1,7,10-13H2,2H3/t15-,16+/m0/s1. The number of hydrogen-bond donors (Lipinski definition) is 0. The molecule has 0 unspecified atom stereocenters. The average molecular weight is 390 g/mol. The van der Waals surface area contributed by atoms with Crippen LogP contribution in [0.5, 0.6) is 0 Å². The van der Waals surface area contributed by atoms with Crippen molar-refractivity contribution in [3.05, 3.63) is 48.6 Å². The minimum absolute atomic E-state index is 0.1000. The zero-order chi connectivity index (χ0) is 14.6. The molecule has 1 aromatic carbocycles. The Morgan fingerprint density at radius 1 is 1.20 bits per heavy atom. The monoisotopic (exact) mass is 390 g/mol. The lowest BCUT2D eigenvalue weighted by Crippen LogP contribution is -2.25. The molecule has 0 aliphatic heterocycles. The Morgan fingerprint density at radius 3 is 2.55 bits per heavy atom. The first-order valence-corrected chi connectivity index (χ1v) is 8.25. The van der Waals surface area contributed by atoms with Crippen molar-refractivity contribution in [2.45, 2.75) is 31.7 Å². The molecule has 0 radical (unpaired) electrons. The fourth-order valence-corrected chi connectivity index (χ4v) is 2.45. The molecule has 3 nitrogen and oxygen atoms in total. The third-order valence-electron chi connectivity index (χ3n) is 2.88. The van der Waals surface area contributed by atoms with Crippen LogP contribution in [0.3, 0.4) is 0 Å². The summed E-state index contributed by atoms with van der Waals surface area (Å²) in [7, 11) is 1.63. The maximum absolute atomic E-state index is 5.97. The van der Waals surface area contributed by atoms with Gasteiger partial charge >= 0.3 is 0 Å². The van der Waals surface area contributed by atoms with Crippen LogP contribution in [0, 0.1) is 0 Å². The lowest BCUT2D eigenvalue weighted by atomic mass is 10.1. The summed E-state index contributed by atoms with van der Waals surface area (Å²) in [6.07, 6.45) is 3.82. The van der Waals surface area contributed by atoms with Crippen LogP contribution < -0.4 is 0 Å². The van der Waals surface area contributed by atoms with Crippen LogP contribution in [-0.2, 0) is 20.8 Å². The van der Waals surface area contributed by atoms with E-state index in [0.29, 0.717) is 13.4 Å². The van der Waals surface area contributed by atoms with Gasteiger partial charge in [-0.1, -0.05) is 59.0 Å². The summed E-state index contributed by atoms with van der Waals surface area (Å²) in [5, 5.41) is 0. The Morgan fingerprint density at radius 2 is 1.95 bits per heavy atom. The molecule has 0 aliphatic carbocycles. The highest BCUT2D eigenvalue weighted by Crippen LogP contribution is 2.15. The maximum Gasteiger partial charge on any atom is 0.146 e. The lowest BCUT2D eigenvalue weighted by molar-refractivity contribution is -0.0879. The van der Waals surface area contributed by atoms with Crippen LogP contribution in [0.25, 0.3) is 0 Å². The summed E-state index contributed by atoms with van der Waals surface area (Å²) in [5.74, 6) is 0. The molecular formula is C16H23IO3. The number of alkyl halides is 1. The highest BCUT2D eigenvalue weighted by atomic mass is 127. The second-order valence-corrected chi connectivity index (χ2v) is 5.41. The summed E-state index contributed by atoms with van der Waals surface area (Å²) >= 11 is 2.35. The predicted molar refractivity (Wildman–Crippen MR) is 90.1 cm³/mol. The number of halogens is 1. The minimum Gasteiger partial charge on any atom is -0.373 e. The number of ether oxygens (including phenoxy) is 3. The molecule has 2 atom stereocenters. The molecule has 20 heavy (non-hydrogen) atoms. The smallest absolute Gasteiger partial charge is 0.146 e. The van der Waals surface area contributed by atoms with E-state index >= 15 is 0 Å². The van der Waals surface area contributed by atoms with Gasteiger partial charge < -0.3 is 14.2 Å². The summed E-state index contributed by atoms with van der Waals surface area (Å²) in [6.45, 7) is 4.72. The van der Waals surface area contributed by atoms with Gasteiger partial charge in [-0.2, -0.15) is 0 Å². The first-order chi connectivity index (χ1) is 9.80. The molecular weight excluding hydrogens is 367 g/mol. The molecule has 0 aliphatic rings. The van der Waals surface area contributed by atoms with Crippen molar-refractivity contribution in [3.8, 4) is 0 Å². The average Bonchev–Trinajstić information content (AvgIpc) is 2.50. The third-order valence-corrected chi connectivity index (χ3v) is 3.86. The molecule has 1 rings (SSSR count). The van der Waals surface area contributed by atoms with Gasteiger partial charge in [-0.25, -0.2) is 0 Å². The van der Waals surface area contributed by atoms with Crippen LogP contribution in [0.2, 0.25) is 0 Å². The van der Waals surface area contributed by atoms with E-state index in [0.717, 1.165) is 17.3 Å². The molecule has 4 heteroatoms. The summed E-state index contributed by atoms with van der Waals surface area (Å²) in [6, 6.07) is 10.2. The van der Waals surface area contributed by atoms with E-state index in [2.05, 4.69) is 41.3 Å². The fraction of sp³-hybridized carbons (Fsp3) is 0.500. The number of rotatable bonds is 11. The molecule has 0 amide bonds. The molecule has 0 fully saturated rings. The highest BCUT2D eigenvalue weighted by molar-refractivity contribution is 14.1. The first kappa shape index (κ1) is 17.6. The topological polar surface area (TPSA) is 27.7 Å². The number of benzene rings is 1. The number of methoxy groups -OCH3 is 1. The second kappa shape index (κ2) is 11.3. The molecule has 0 aromatic heterocycles. The van der Waals surface area contributed by atoms with Crippen LogP contribution in [0.4, 0.5) is 0 Å². The van der Waals surface area contributed by atoms with Gasteiger partial charge in [-0.05, 0) is 12.0 Å². The van der Waals surface area contributed by atoms with E-state index < -0.39 is 0 Å². The Hall–Kier alpha value is -0.430. The van der Waals surface area contributed by atoms with Crippen LogP contribution in [-0.4, -0.2) is 30.5 Å². The Labute approximate surface area is 135 Å². The van der Waals surface area contributed by atoms with Crippen molar-refractivity contribution in [1.82, 2.24) is 0 Å². The molecule has 1 aromatic rings. The van der Waals surface area contributed by atoms with Crippen molar-refractivity contribution < 1.29 is 14.2 Å². The highest BCUT2D eigenvalue weighted by Gasteiger charge is 2.16. The van der Waals surface area contributed by atoms with Crippen molar-refractivity contribution in [3.63, 3.8) is 0 Å². The largest absolute Gasteiger partial charge is 0.373 e. The van der Waals surface area contributed by atoms with Gasteiger partial charge in [0.1, 0.15) is 6.79 Å². The Balaban J connectivity index is 2.41. The summed E-state index contributed by atoms with van der Waals surface area (Å²) in [4.78, 5) is 0. The molecule has 112 valence electrons. The van der Waals surface area contributed by atoms with Crippen molar-refractivity contribution in [2.24, 2.45) is 0 Å². The van der Waals surface area contributed by atoms with Crippen LogP contribution >= 0.6 is 22.6 Å². The van der Waals surface area contributed by atoms with E-state index in [4.69, 9.17) is 14.2 Å². The van der Waals surface area contributed by atoms with E-state index in [1.165, 1.54) is 5.56 Å². The first-order valence-electron chi connectivity index (χ1n) is 6.73. The predicted octanol–water partition coefficient (Wildman–Crippen LogP) is 3.96. The third kappa shape index (κ3) is 7.38. The van der Waals surface area contributed by atoms with E-state index in [9.17, 15) is 0 Å². The Bertz CT molecular complexity index is 356. The quantitative estimate of drug-likeness (QED) is 0.248. The van der Waals surface area contributed by atoms with Crippen LogP contribution in [0.15, 0.2) is 43.0 Å². The summed E-state index contributed by atoms with van der Waals surface area (Å²) < 4.78 is 17.5. The molecule has 0 N–H and O–H groups in total. The van der Waals surface area contributed by atoms with E-state index in [-0.39, 0.29) is 12.2 Å². The van der Waals surface area contributed by atoms with Crippen LogP contribution in [0.1, 0.15) is 18.4 Å². The van der Waals surface area contributed by atoms with Gasteiger partial charge in [-0.3, -0.25) is 0 Å². The van der Waals surface area contributed by atoms with Gasteiger partial charge in [0.05, 0.1) is 18.8 Å². The molecule has 0 saturated carbocycles. The zero-order valence-electron chi connectivity index (χ0n) is 12.0. The SMILES string of the molecule is C=CC[C@@H](C[C@H](CI)OCc1ccccc1)OCOC. The fourth-order valence-electron chi connectivity index (χ4n) is 1.84. The molecule has 0 heterocycles. The molecule has 0 spiro atoms. The van der Waals surface area contributed by atoms with Crippen molar-refractivity contribution >= 4 is 22.6 Å². The maximum atomic E-state index is 5.97. The van der Waals surface area contributed by atoms with Gasteiger partial charge in [0, 0.05) is 18.0 Å². The van der Waals surface area contributed by atoms with Gasteiger partial charge in [0.2, 0.25) is 0 Å². The normalized spacial score (nSPS) is 13.9. The molecule has 0 saturated heterocycles. The van der Waals surface area contributed by atoms with Gasteiger partial charge in [-0.15, -0.1) is 6.58 Å². The Kier molecular flexibility index (Phi) is 9.92. The number of hydrogen-bond acceptors (Lipinski definition) is 3. The zero-order valence-corrected chi connectivity index (χ0v) is 14.1. The summed E-state index contributed by atoms with van der Waals surface area (Å²) in [5.41, 5.74) is 1.19. The minimum atomic E-state index is 0.1000.